The summed E-state index contributed by atoms with van der Waals surface area (Å²) in [5.41, 5.74) is 0. The number of aliphatic hydroxyl groups is 2. The molecule has 1 amide bonds. The van der Waals surface area contributed by atoms with Crippen molar-refractivity contribution in [2.75, 3.05) is 13.2 Å². The molecule has 0 aliphatic heterocycles. The van der Waals surface area contributed by atoms with Gasteiger partial charge in [0, 0.05) is 12.8 Å². The predicted octanol–water partition coefficient (Wildman–Crippen LogP) is 27.8. The Hall–Kier alpha value is -1.40. The second kappa shape index (κ2) is 80.0. The molecule has 0 spiro atoms. The van der Waals surface area contributed by atoms with Gasteiger partial charge >= 0.3 is 5.97 Å². The Kier molecular flexibility index (Phi) is 78.8. The second-order valence-corrected chi connectivity index (χ2v) is 29.2. The molecular formula is C84H165NO5. The summed E-state index contributed by atoms with van der Waals surface area (Å²) in [6.45, 7) is 4.96. The molecule has 0 bridgehead atoms. The number of hydrogen-bond donors (Lipinski definition) is 3. The summed E-state index contributed by atoms with van der Waals surface area (Å²) in [6.07, 6.45) is 102. The normalized spacial score (nSPS) is 12.4. The number of rotatable bonds is 80. The van der Waals surface area contributed by atoms with Crippen LogP contribution in [0.2, 0.25) is 0 Å². The van der Waals surface area contributed by atoms with Crippen molar-refractivity contribution in [3.63, 3.8) is 0 Å². The number of carbonyl (C=O) groups excluding carboxylic acids is 2. The number of nitrogens with one attached hydrogen (secondary N) is 1. The van der Waals surface area contributed by atoms with Crippen molar-refractivity contribution in [1.82, 2.24) is 5.32 Å². The van der Waals surface area contributed by atoms with E-state index in [-0.39, 0.29) is 18.5 Å². The third-order valence-electron chi connectivity index (χ3n) is 20.1. The van der Waals surface area contributed by atoms with Gasteiger partial charge in [0.2, 0.25) is 5.91 Å². The SMILES string of the molecule is CCCCCCCCCCCCCCC/C=C/C(O)C(CO)NC(=O)CCCCCCCCCCCCCCCCCCCCCCCCCCCCCCCCCCCCCCCCCOC(=O)CCCCCCCCCCCCCCCCCCCCC. The first-order valence-electron chi connectivity index (χ1n) is 42.0. The van der Waals surface area contributed by atoms with Gasteiger partial charge in [-0.3, -0.25) is 9.59 Å². The smallest absolute Gasteiger partial charge is 0.305 e. The van der Waals surface area contributed by atoms with Crippen molar-refractivity contribution in [2.45, 2.75) is 501 Å². The van der Waals surface area contributed by atoms with Crippen LogP contribution in [0.1, 0.15) is 489 Å². The number of allylic oxidation sites excluding steroid dienone is 1. The second-order valence-electron chi connectivity index (χ2n) is 29.2. The molecule has 6 heteroatoms. The van der Waals surface area contributed by atoms with Gasteiger partial charge in [0.05, 0.1) is 25.4 Å². The molecule has 0 aromatic rings. The summed E-state index contributed by atoms with van der Waals surface area (Å²) in [4.78, 5) is 24.6. The third kappa shape index (κ3) is 75.6. The van der Waals surface area contributed by atoms with Gasteiger partial charge in [-0.05, 0) is 32.1 Å². The van der Waals surface area contributed by atoms with Crippen LogP contribution in [0.15, 0.2) is 12.2 Å². The monoisotopic (exact) mass is 1270 g/mol. The fourth-order valence-electron chi connectivity index (χ4n) is 13.7. The summed E-state index contributed by atoms with van der Waals surface area (Å²) in [5.74, 6) is -0.0282. The van der Waals surface area contributed by atoms with Crippen LogP contribution in [0.25, 0.3) is 0 Å². The Bertz CT molecular complexity index is 1370. The van der Waals surface area contributed by atoms with Crippen molar-refractivity contribution >= 4 is 11.9 Å². The summed E-state index contributed by atoms with van der Waals surface area (Å²) in [7, 11) is 0. The standard InChI is InChI=1S/C84H165NO5/c1-3-5-7-9-11-13-15-17-19-20-42-46-50-54-58-62-66-70-74-78-84(89)90-79-75-71-67-63-59-55-51-47-44-41-39-37-35-33-31-29-27-25-23-21-22-24-26-28-30-32-34-36-38-40-43-45-49-53-57-61-65-69-73-77-83(88)85-81(80-86)82(87)76-72-68-64-60-56-52-48-18-16-14-12-10-8-6-4-2/h72,76,81-82,86-87H,3-71,73-75,77-80H2,1-2H3,(H,85,88)/b76-72+. The quantitative estimate of drug-likeness (QED) is 0.0320. The van der Waals surface area contributed by atoms with E-state index in [4.69, 9.17) is 4.74 Å². The summed E-state index contributed by atoms with van der Waals surface area (Å²) >= 11 is 0. The first kappa shape index (κ1) is 88.6. The lowest BCUT2D eigenvalue weighted by Gasteiger charge is -2.20. The molecule has 536 valence electrons. The van der Waals surface area contributed by atoms with Crippen LogP contribution in [0.5, 0.6) is 0 Å². The highest BCUT2D eigenvalue weighted by Crippen LogP contribution is 2.21. The first-order valence-corrected chi connectivity index (χ1v) is 42.0. The van der Waals surface area contributed by atoms with Crippen molar-refractivity contribution in [3.05, 3.63) is 12.2 Å². The Balaban J connectivity index is 3.28. The van der Waals surface area contributed by atoms with Crippen LogP contribution in [0, 0.1) is 0 Å². The molecule has 3 N–H and O–H groups in total. The van der Waals surface area contributed by atoms with E-state index in [9.17, 15) is 19.8 Å². The van der Waals surface area contributed by atoms with Gasteiger partial charge in [-0.25, -0.2) is 0 Å². The number of carbonyl (C=O) groups is 2. The Morgan fingerprint density at radius 3 is 0.756 bits per heavy atom. The molecule has 0 aromatic carbocycles. The molecule has 2 unspecified atom stereocenters. The highest BCUT2D eigenvalue weighted by Gasteiger charge is 2.18. The van der Waals surface area contributed by atoms with Gasteiger partial charge < -0.3 is 20.3 Å². The molecule has 90 heavy (non-hydrogen) atoms. The van der Waals surface area contributed by atoms with E-state index in [1.54, 1.807) is 6.08 Å². The minimum atomic E-state index is -0.839. The third-order valence-corrected chi connectivity index (χ3v) is 20.1. The number of esters is 1. The fourth-order valence-corrected chi connectivity index (χ4v) is 13.7. The van der Waals surface area contributed by atoms with Crippen LogP contribution < -0.4 is 5.32 Å². The van der Waals surface area contributed by atoms with Crippen LogP contribution in [0.4, 0.5) is 0 Å². The van der Waals surface area contributed by atoms with Crippen LogP contribution in [-0.4, -0.2) is 47.4 Å². The molecule has 6 nitrogen and oxygen atoms in total. The van der Waals surface area contributed by atoms with Crippen molar-refractivity contribution in [2.24, 2.45) is 0 Å². The van der Waals surface area contributed by atoms with Crippen LogP contribution in [-0.2, 0) is 14.3 Å². The van der Waals surface area contributed by atoms with Crippen LogP contribution >= 0.6 is 0 Å². The predicted molar refractivity (Wildman–Crippen MR) is 398 cm³/mol. The lowest BCUT2D eigenvalue weighted by Crippen LogP contribution is -2.45. The number of unbranched alkanes of at least 4 members (excludes halogenated alkanes) is 69. The van der Waals surface area contributed by atoms with Gasteiger partial charge in [-0.2, -0.15) is 0 Å². The van der Waals surface area contributed by atoms with E-state index < -0.39 is 12.1 Å². The Morgan fingerprint density at radius 1 is 0.300 bits per heavy atom. The van der Waals surface area contributed by atoms with E-state index in [1.807, 2.05) is 6.08 Å². The fraction of sp³-hybridized carbons (Fsp3) is 0.952. The molecule has 0 heterocycles. The molecule has 0 aliphatic carbocycles. The average Bonchev–Trinajstić information content (AvgIpc) is 3.65. The number of hydrogen-bond acceptors (Lipinski definition) is 5. The first-order chi connectivity index (χ1) is 44.5. The maximum atomic E-state index is 12.5. The molecule has 0 saturated heterocycles. The molecule has 0 rings (SSSR count). The molecule has 0 saturated carbocycles. The maximum Gasteiger partial charge on any atom is 0.305 e. The topological polar surface area (TPSA) is 95.9 Å². The molecule has 2 atom stereocenters. The molecule has 0 fully saturated rings. The van der Waals surface area contributed by atoms with E-state index in [0.717, 1.165) is 38.5 Å². The molecular weight excluding hydrogens is 1100 g/mol. The highest BCUT2D eigenvalue weighted by atomic mass is 16.5. The van der Waals surface area contributed by atoms with E-state index in [2.05, 4.69) is 19.2 Å². The number of amides is 1. The Labute approximate surface area is 565 Å². The van der Waals surface area contributed by atoms with Gasteiger partial charge in [0.1, 0.15) is 0 Å². The zero-order chi connectivity index (χ0) is 64.9. The summed E-state index contributed by atoms with van der Waals surface area (Å²) in [6, 6.07) is -0.622. The molecule has 0 aromatic heterocycles. The number of ether oxygens (including phenoxy) is 1. The lowest BCUT2D eigenvalue weighted by molar-refractivity contribution is -0.143. The van der Waals surface area contributed by atoms with Crippen molar-refractivity contribution < 1.29 is 24.5 Å². The minimum Gasteiger partial charge on any atom is -0.466 e. The minimum absolute atomic E-state index is 0.0300. The van der Waals surface area contributed by atoms with Gasteiger partial charge in [0.15, 0.2) is 0 Å². The summed E-state index contributed by atoms with van der Waals surface area (Å²) < 4.78 is 5.53. The van der Waals surface area contributed by atoms with Gasteiger partial charge in [0.25, 0.3) is 0 Å². The summed E-state index contributed by atoms with van der Waals surface area (Å²) in [5, 5.41) is 23.2. The maximum absolute atomic E-state index is 12.5. The van der Waals surface area contributed by atoms with E-state index >= 15 is 0 Å². The average molecular weight is 1270 g/mol. The highest BCUT2D eigenvalue weighted by molar-refractivity contribution is 5.76. The van der Waals surface area contributed by atoms with Gasteiger partial charge in [-0.15, -0.1) is 0 Å². The molecule has 0 aliphatic rings. The lowest BCUT2D eigenvalue weighted by atomic mass is 10.0. The van der Waals surface area contributed by atoms with Gasteiger partial charge in [-0.1, -0.05) is 456 Å². The zero-order valence-corrected chi connectivity index (χ0v) is 61.7. The van der Waals surface area contributed by atoms with Crippen molar-refractivity contribution in [3.8, 4) is 0 Å². The Morgan fingerprint density at radius 2 is 0.511 bits per heavy atom. The zero-order valence-electron chi connectivity index (χ0n) is 61.7. The number of aliphatic hydroxyl groups excluding tert-OH is 2. The van der Waals surface area contributed by atoms with E-state index in [1.165, 1.54) is 424 Å². The largest absolute Gasteiger partial charge is 0.466 e. The van der Waals surface area contributed by atoms with Crippen molar-refractivity contribution in [1.29, 1.82) is 0 Å². The van der Waals surface area contributed by atoms with E-state index in [0.29, 0.717) is 19.4 Å². The van der Waals surface area contributed by atoms with Crippen LogP contribution in [0.3, 0.4) is 0 Å². The molecule has 0 radical (unpaired) electrons.